The van der Waals surface area contributed by atoms with E-state index >= 15 is 0 Å². The second-order valence-corrected chi connectivity index (χ2v) is 11.9. The van der Waals surface area contributed by atoms with E-state index in [0.717, 1.165) is 21.7 Å². The van der Waals surface area contributed by atoms with Crippen LogP contribution in [0.25, 0.3) is 0 Å². The number of carbonyl (C=O) groups excluding carboxylic acids is 1. The average molecular weight is 562 g/mol. The molecule has 3 aromatic rings. The van der Waals surface area contributed by atoms with Gasteiger partial charge in [-0.2, -0.15) is 8.42 Å². The highest BCUT2D eigenvalue weighted by molar-refractivity contribution is 8.00. The van der Waals surface area contributed by atoms with Gasteiger partial charge < -0.3 is 9.47 Å². The molecule has 7 nitrogen and oxygen atoms in total. The Morgan fingerprint density at radius 3 is 2.51 bits per heavy atom. The number of hydrogen-bond acceptors (Lipinski definition) is 7. The van der Waals surface area contributed by atoms with Crippen LogP contribution >= 0.6 is 23.4 Å². The largest absolute Gasteiger partial charge is 0.497 e. The van der Waals surface area contributed by atoms with E-state index in [1.165, 1.54) is 30.8 Å². The number of amides is 1. The summed E-state index contributed by atoms with van der Waals surface area (Å²) >= 11 is 7.70. The Labute approximate surface area is 226 Å². The zero-order valence-corrected chi connectivity index (χ0v) is 23.3. The number of fused-ring (bicyclic) bond motifs is 1. The fourth-order valence-electron chi connectivity index (χ4n) is 3.94. The molecule has 0 saturated heterocycles. The van der Waals surface area contributed by atoms with E-state index < -0.39 is 10.1 Å². The van der Waals surface area contributed by atoms with E-state index in [1.807, 2.05) is 32.0 Å². The number of ether oxygens (including phenoxy) is 2. The van der Waals surface area contributed by atoms with Crippen molar-refractivity contribution in [2.75, 3.05) is 18.6 Å². The molecule has 4 rings (SSSR count). The lowest BCUT2D eigenvalue weighted by molar-refractivity contribution is -0.116. The van der Waals surface area contributed by atoms with Gasteiger partial charge in [0, 0.05) is 28.8 Å². The van der Waals surface area contributed by atoms with E-state index in [9.17, 15) is 13.2 Å². The number of nitrogens with zero attached hydrogens (tertiary/aromatic N) is 1. The maximum Gasteiger partial charge on any atom is 0.296 e. The number of methoxy groups -OCH3 is 1. The number of halogens is 1. The molecule has 0 fully saturated rings. The zero-order chi connectivity index (χ0) is 26.7. The smallest absolute Gasteiger partial charge is 0.296 e. The van der Waals surface area contributed by atoms with E-state index in [4.69, 9.17) is 25.3 Å². The fraction of sp³-hybridized carbons (Fsp3) is 0.296. The van der Waals surface area contributed by atoms with Crippen LogP contribution in [0.15, 0.2) is 70.5 Å². The van der Waals surface area contributed by atoms with Crippen molar-refractivity contribution in [1.82, 2.24) is 0 Å². The van der Waals surface area contributed by atoms with E-state index in [-0.39, 0.29) is 28.9 Å². The Bertz CT molecular complexity index is 1390. The normalized spacial score (nSPS) is 15.8. The lowest BCUT2D eigenvalue weighted by atomic mass is 10.1. The highest BCUT2D eigenvalue weighted by Gasteiger charge is 2.36. The first-order chi connectivity index (χ1) is 17.6. The highest BCUT2D eigenvalue weighted by Crippen LogP contribution is 2.54. The van der Waals surface area contributed by atoms with Crippen LogP contribution in [0, 0.1) is 6.92 Å². The average Bonchev–Trinajstić information content (AvgIpc) is 3.23. The number of thioether (sulfide) groups is 1. The molecule has 2 unspecified atom stereocenters. The first-order valence-corrected chi connectivity index (χ1v) is 14.3. The molecule has 3 aromatic carbocycles. The molecule has 1 amide bonds. The first kappa shape index (κ1) is 27.3. The van der Waals surface area contributed by atoms with Crippen molar-refractivity contribution in [3.05, 3.63) is 76.8 Å². The number of anilines is 1. The van der Waals surface area contributed by atoms with Crippen molar-refractivity contribution in [2.24, 2.45) is 0 Å². The number of benzene rings is 3. The molecule has 0 N–H and O–H groups in total. The standard InChI is InChI=1S/C27H28ClNO6S2/c1-17-5-9-22(10-6-17)37(31,32)34-14-13-18(2)35-25-12-8-21(33-4)16-23(25)27-29(19(3)30)24-11-7-20(28)15-26(24)36-27/h5-12,15-16,18,27H,13-14H2,1-4H3. The Balaban J connectivity index is 1.51. The van der Waals surface area contributed by atoms with Crippen molar-refractivity contribution in [2.45, 2.75) is 48.5 Å². The summed E-state index contributed by atoms with van der Waals surface area (Å²) < 4.78 is 41.9. The number of hydrogen-bond donors (Lipinski definition) is 0. The minimum atomic E-state index is -3.86. The molecule has 0 spiro atoms. The van der Waals surface area contributed by atoms with Gasteiger partial charge in [-0.3, -0.25) is 13.9 Å². The van der Waals surface area contributed by atoms with Crippen molar-refractivity contribution >= 4 is 45.1 Å². The topological polar surface area (TPSA) is 82.1 Å². The highest BCUT2D eigenvalue weighted by atomic mass is 35.5. The van der Waals surface area contributed by atoms with Crippen molar-refractivity contribution in [3.63, 3.8) is 0 Å². The van der Waals surface area contributed by atoms with Gasteiger partial charge in [0.1, 0.15) is 16.9 Å². The van der Waals surface area contributed by atoms with Crippen LogP contribution in [-0.2, 0) is 19.1 Å². The Hall–Kier alpha value is -2.72. The molecule has 0 bridgehead atoms. The maximum absolute atomic E-state index is 12.7. The lowest BCUT2D eigenvalue weighted by Gasteiger charge is -2.26. The third-order valence-electron chi connectivity index (χ3n) is 5.88. The predicted octanol–water partition coefficient (Wildman–Crippen LogP) is 6.38. The molecule has 1 heterocycles. The summed E-state index contributed by atoms with van der Waals surface area (Å²) in [5, 5.41) is 0.202. The van der Waals surface area contributed by atoms with E-state index in [0.29, 0.717) is 22.9 Å². The molecule has 0 aromatic heterocycles. The van der Waals surface area contributed by atoms with Crippen LogP contribution in [0.5, 0.6) is 11.5 Å². The molecule has 2 atom stereocenters. The summed E-state index contributed by atoms with van der Waals surface area (Å²) in [5.41, 5.74) is 2.50. The molecule has 10 heteroatoms. The molecular formula is C27H28ClNO6S2. The fourth-order valence-corrected chi connectivity index (χ4v) is 6.50. The van der Waals surface area contributed by atoms with Gasteiger partial charge >= 0.3 is 0 Å². The van der Waals surface area contributed by atoms with Gasteiger partial charge in [-0.1, -0.05) is 41.1 Å². The van der Waals surface area contributed by atoms with Gasteiger partial charge in [-0.25, -0.2) is 0 Å². The summed E-state index contributed by atoms with van der Waals surface area (Å²) in [5.74, 6) is 1.08. The number of aryl methyl sites for hydroxylation is 1. The lowest BCUT2D eigenvalue weighted by Crippen LogP contribution is -2.29. The maximum atomic E-state index is 12.7. The Kier molecular flexibility index (Phi) is 8.38. The molecule has 1 aliphatic rings. The quantitative estimate of drug-likeness (QED) is 0.280. The van der Waals surface area contributed by atoms with Crippen molar-refractivity contribution in [1.29, 1.82) is 0 Å². The third kappa shape index (κ3) is 6.23. The van der Waals surface area contributed by atoms with Gasteiger partial charge in [0.2, 0.25) is 5.91 Å². The number of rotatable bonds is 9. The molecule has 0 radical (unpaired) electrons. The van der Waals surface area contributed by atoms with Crippen LogP contribution in [-0.4, -0.2) is 34.1 Å². The zero-order valence-electron chi connectivity index (χ0n) is 20.9. The van der Waals surface area contributed by atoms with Crippen LogP contribution in [0.2, 0.25) is 5.02 Å². The minimum absolute atomic E-state index is 0.0371. The third-order valence-corrected chi connectivity index (χ3v) is 8.71. The summed E-state index contributed by atoms with van der Waals surface area (Å²) in [7, 11) is -2.28. The van der Waals surface area contributed by atoms with Crippen LogP contribution in [0.1, 0.15) is 36.8 Å². The monoisotopic (exact) mass is 561 g/mol. The minimum Gasteiger partial charge on any atom is -0.497 e. The second-order valence-electron chi connectivity index (χ2n) is 8.68. The molecule has 0 aliphatic carbocycles. The van der Waals surface area contributed by atoms with Crippen molar-refractivity contribution in [3.8, 4) is 11.5 Å². The van der Waals surface area contributed by atoms with Crippen LogP contribution in [0.4, 0.5) is 5.69 Å². The van der Waals surface area contributed by atoms with Gasteiger partial charge in [0.25, 0.3) is 10.1 Å². The molecule has 196 valence electrons. The Morgan fingerprint density at radius 1 is 1.11 bits per heavy atom. The first-order valence-electron chi connectivity index (χ1n) is 11.7. The summed E-state index contributed by atoms with van der Waals surface area (Å²) in [6.07, 6.45) is -0.0324. The van der Waals surface area contributed by atoms with Gasteiger partial charge in [-0.05, 0) is 62.4 Å². The van der Waals surface area contributed by atoms with Crippen LogP contribution < -0.4 is 14.4 Å². The molecule has 37 heavy (non-hydrogen) atoms. The summed E-state index contributed by atoms with van der Waals surface area (Å²) in [6.45, 7) is 5.21. The molecule has 1 aliphatic heterocycles. The number of carbonyl (C=O) groups is 1. The molecule has 0 saturated carbocycles. The van der Waals surface area contributed by atoms with Gasteiger partial charge in [0.15, 0.2) is 0 Å². The Morgan fingerprint density at radius 2 is 1.84 bits per heavy atom. The van der Waals surface area contributed by atoms with Gasteiger partial charge in [-0.15, -0.1) is 0 Å². The SMILES string of the molecule is COc1ccc(OC(C)CCOS(=O)(=O)c2ccc(C)cc2)c(C2Sc3cc(Cl)ccc3N2C(C)=O)c1. The predicted molar refractivity (Wildman–Crippen MR) is 145 cm³/mol. The summed E-state index contributed by atoms with van der Waals surface area (Å²) in [6, 6.07) is 17.4. The summed E-state index contributed by atoms with van der Waals surface area (Å²) in [4.78, 5) is 15.4. The molecular weight excluding hydrogens is 534 g/mol. The van der Waals surface area contributed by atoms with Gasteiger partial charge in [0.05, 0.1) is 30.4 Å². The van der Waals surface area contributed by atoms with E-state index in [1.54, 1.807) is 42.3 Å². The van der Waals surface area contributed by atoms with Crippen LogP contribution in [0.3, 0.4) is 0 Å². The second kappa shape index (κ2) is 11.3. The van der Waals surface area contributed by atoms with Crippen molar-refractivity contribution < 1.29 is 26.9 Å². The van der Waals surface area contributed by atoms with E-state index in [2.05, 4.69) is 0 Å².